The van der Waals surface area contributed by atoms with Crippen molar-refractivity contribution >= 4 is 23.6 Å². The lowest BCUT2D eigenvalue weighted by Gasteiger charge is -2.16. The first kappa shape index (κ1) is 14.7. The van der Waals surface area contributed by atoms with Crippen LogP contribution in [0.15, 0.2) is 29.2 Å². The Morgan fingerprint density at radius 3 is 2.60 bits per heavy atom. The molecule has 0 spiro atoms. The molecule has 1 fully saturated rings. The van der Waals surface area contributed by atoms with Crippen LogP contribution in [-0.4, -0.2) is 47.2 Å². The highest BCUT2D eigenvalue weighted by Gasteiger charge is 2.24. The zero-order chi connectivity index (χ0) is 14.5. The first-order chi connectivity index (χ1) is 9.54. The van der Waals surface area contributed by atoms with Gasteiger partial charge in [-0.1, -0.05) is 0 Å². The van der Waals surface area contributed by atoms with Gasteiger partial charge in [-0.25, -0.2) is 0 Å². The Balaban J connectivity index is 1.72. The number of hydrogen-bond donors (Lipinski definition) is 2. The summed E-state index contributed by atoms with van der Waals surface area (Å²) < 4.78 is 0. The highest BCUT2D eigenvalue weighted by molar-refractivity contribution is 8.00. The first-order valence-corrected chi connectivity index (χ1v) is 7.48. The number of likely N-dealkylation sites (N-methyl/N-ethyl adjacent to an activating group) is 1. The van der Waals surface area contributed by atoms with Crippen molar-refractivity contribution in [2.75, 3.05) is 19.3 Å². The molecule has 1 saturated carbocycles. The van der Waals surface area contributed by atoms with Crippen LogP contribution in [-0.2, 0) is 9.59 Å². The number of thioether (sulfide) groups is 1. The average Bonchev–Trinajstić information content (AvgIpc) is 3.21. The average molecular weight is 294 g/mol. The lowest BCUT2D eigenvalue weighted by atomic mass is 10.3. The molecule has 0 atom stereocenters. The van der Waals surface area contributed by atoms with Gasteiger partial charge < -0.3 is 15.3 Å². The van der Waals surface area contributed by atoms with Crippen LogP contribution < -0.4 is 5.32 Å². The van der Waals surface area contributed by atoms with E-state index in [0.29, 0.717) is 6.04 Å². The predicted octanol–water partition coefficient (Wildman–Crippen LogP) is 1.22. The molecule has 6 heteroatoms. The van der Waals surface area contributed by atoms with E-state index in [1.165, 1.54) is 16.7 Å². The summed E-state index contributed by atoms with van der Waals surface area (Å²) in [5, 5.41) is 12.0. The Labute approximate surface area is 122 Å². The van der Waals surface area contributed by atoms with Crippen molar-refractivity contribution in [1.29, 1.82) is 0 Å². The summed E-state index contributed by atoms with van der Waals surface area (Å²) in [5.74, 6) is 0.291. The van der Waals surface area contributed by atoms with Gasteiger partial charge in [-0.2, -0.15) is 0 Å². The Hall–Kier alpha value is -1.69. The van der Waals surface area contributed by atoms with Crippen molar-refractivity contribution in [2.24, 2.45) is 0 Å². The van der Waals surface area contributed by atoms with Gasteiger partial charge in [0.2, 0.25) is 11.8 Å². The van der Waals surface area contributed by atoms with E-state index < -0.39 is 0 Å². The zero-order valence-electron chi connectivity index (χ0n) is 11.3. The van der Waals surface area contributed by atoms with Crippen molar-refractivity contribution in [3.63, 3.8) is 0 Å². The lowest BCUT2D eigenvalue weighted by molar-refractivity contribution is -0.132. The summed E-state index contributed by atoms with van der Waals surface area (Å²) in [6.45, 7) is 0.103. The van der Waals surface area contributed by atoms with E-state index in [0.717, 1.165) is 17.7 Å². The number of benzene rings is 1. The quantitative estimate of drug-likeness (QED) is 0.774. The Morgan fingerprint density at radius 2 is 2.00 bits per heavy atom. The molecular formula is C14H18N2O3S. The van der Waals surface area contributed by atoms with Gasteiger partial charge in [0, 0.05) is 18.0 Å². The van der Waals surface area contributed by atoms with Gasteiger partial charge in [-0.3, -0.25) is 9.59 Å². The molecular weight excluding hydrogens is 276 g/mol. The number of amides is 2. The highest BCUT2D eigenvalue weighted by atomic mass is 32.2. The van der Waals surface area contributed by atoms with Gasteiger partial charge in [0.25, 0.3) is 0 Å². The number of phenols is 1. The molecule has 0 unspecified atom stereocenters. The first-order valence-electron chi connectivity index (χ1n) is 6.50. The number of nitrogens with one attached hydrogen (secondary N) is 1. The van der Waals surface area contributed by atoms with E-state index in [1.54, 1.807) is 31.3 Å². The fourth-order valence-electron chi connectivity index (χ4n) is 1.60. The van der Waals surface area contributed by atoms with Crippen LogP contribution in [0.3, 0.4) is 0 Å². The summed E-state index contributed by atoms with van der Waals surface area (Å²) in [6.07, 6.45) is 2.08. The van der Waals surface area contributed by atoms with E-state index >= 15 is 0 Å². The van der Waals surface area contributed by atoms with E-state index in [4.69, 9.17) is 5.11 Å². The van der Waals surface area contributed by atoms with E-state index in [1.807, 2.05) is 0 Å². The van der Waals surface area contributed by atoms with Gasteiger partial charge in [0.05, 0.1) is 12.3 Å². The third-order valence-corrected chi connectivity index (χ3v) is 3.94. The molecule has 1 aromatic rings. The van der Waals surface area contributed by atoms with Gasteiger partial charge in [0.1, 0.15) is 5.75 Å². The minimum absolute atomic E-state index is 0.0889. The topological polar surface area (TPSA) is 69.6 Å². The molecule has 20 heavy (non-hydrogen) atoms. The van der Waals surface area contributed by atoms with Crippen molar-refractivity contribution in [1.82, 2.24) is 10.2 Å². The van der Waals surface area contributed by atoms with Crippen LogP contribution in [0.1, 0.15) is 12.8 Å². The van der Waals surface area contributed by atoms with Crippen LogP contribution in [0.25, 0.3) is 0 Å². The van der Waals surface area contributed by atoms with E-state index in [-0.39, 0.29) is 29.9 Å². The van der Waals surface area contributed by atoms with Crippen molar-refractivity contribution in [3.05, 3.63) is 24.3 Å². The summed E-state index contributed by atoms with van der Waals surface area (Å²) in [7, 11) is 1.63. The number of nitrogens with zero attached hydrogens (tertiary/aromatic N) is 1. The molecule has 0 aromatic heterocycles. The molecule has 1 aliphatic rings. The fraction of sp³-hybridized carbons (Fsp3) is 0.429. The Bertz CT molecular complexity index is 486. The third kappa shape index (κ3) is 4.77. The number of rotatable bonds is 6. The van der Waals surface area contributed by atoms with Gasteiger partial charge >= 0.3 is 0 Å². The monoisotopic (exact) mass is 294 g/mol. The molecule has 0 saturated heterocycles. The zero-order valence-corrected chi connectivity index (χ0v) is 12.2. The second-order valence-corrected chi connectivity index (χ2v) is 5.92. The molecule has 1 aromatic carbocycles. The standard InChI is InChI=1S/C14H18N2O3S/c1-16(8-13(18)15-10-2-3-10)14(19)9-20-12-6-4-11(17)5-7-12/h4-7,10,17H,2-3,8-9H2,1H3,(H,15,18). The molecule has 2 amide bonds. The minimum atomic E-state index is -0.0991. The Kier molecular flexibility index (Phi) is 4.89. The van der Waals surface area contributed by atoms with Crippen LogP contribution in [0.2, 0.25) is 0 Å². The minimum Gasteiger partial charge on any atom is -0.508 e. The van der Waals surface area contributed by atoms with Crippen LogP contribution in [0.4, 0.5) is 0 Å². The summed E-state index contributed by atoms with van der Waals surface area (Å²) in [4.78, 5) is 25.8. The fourth-order valence-corrected chi connectivity index (χ4v) is 2.44. The SMILES string of the molecule is CN(CC(=O)NC1CC1)C(=O)CSc1ccc(O)cc1. The molecule has 0 radical (unpaired) electrons. The normalized spacial score (nSPS) is 13.8. The highest BCUT2D eigenvalue weighted by Crippen LogP contribution is 2.21. The molecule has 0 heterocycles. The summed E-state index contributed by atoms with van der Waals surface area (Å²) >= 11 is 1.38. The van der Waals surface area contributed by atoms with E-state index in [9.17, 15) is 9.59 Å². The number of phenolic OH excluding ortho intramolecular Hbond substituents is 1. The largest absolute Gasteiger partial charge is 0.508 e. The summed E-state index contributed by atoms with van der Waals surface area (Å²) in [5.41, 5.74) is 0. The van der Waals surface area contributed by atoms with Gasteiger partial charge in [-0.15, -0.1) is 11.8 Å². The second kappa shape index (κ2) is 6.65. The van der Waals surface area contributed by atoms with Gasteiger partial charge in [-0.05, 0) is 37.1 Å². The molecule has 2 rings (SSSR count). The summed E-state index contributed by atoms with van der Waals surface area (Å²) in [6, 6.07) is 7.00. The molecule has 0 bridgehead atoms. The molecule has 2 N–H and O–H groups in total. The smallest absolute Gasteiger partial charge is 0.239 e. The third-order valence-electron chi connectivity index (χ3n) is 2.95. The molecule has 108 valence electrons. The predicted molar refractivity (Wildman–Crippen MR) is 77.6 cm³/mol. The number of aromatic hydroxyl groups is 1. The van der Waals surface area contributed by atoms with Crippen molar-refractivity contribution in [3.8, 4) is 5.75 Å². The van der Waals surface area contributed by atoms with Crippen molar-refractivity contribution in [2.45, 2.75) is 23.8 Å². The van der Waals surface area contributed by atoms with Crippen LogP contribution >= 0.6 is 11.8 Å². The second-order valence-electron chi connectivity index (χ2n) is 4.87. The molecule has 1 aliphatic carbocycles. The number of hydrogen-bond acceptors (Lipinski definition) is 4. The maximum atomic E-state index is 11.9. The van der Waals surface area contributed by atoms with E-state index in [2.05, 4.69) is 5.32 Å². The number of carbonyl (C=O) groups is 2. The Morgan fingerprint density at radius 1 is 1.35 bits per heavy atom. The van der Waals surface area contributed by atoms with Crippen LogP contribution in [0.5, 0.6) is 5.75 Å². The number of carbonyl (C=O) groups excluding carboxylic acids is 2. The molecule has 0 aliphatic heterocycles. The maximum absolute atomic E-state index is 11.9. The maximum Gasteiger partial charge on any atom is 0.239 e. The van der Waals surface area contributed by atoms with Crippen molar-refractivity contribution < 1.29 is 14.7 Å². The lowest BCUT2D eigenvalue weighted by Crippen LogP contribution is -2.39. The van der Waals surface area contributed by atoms with Gasteiger partial charge in [0.15, 0.2) is 0 Å². The van der Waals surface area contributed by atoms with Crippen LogP contribution in [0, 0.1) is 0 Å². The molecule has 5 nitrogen and oxygen atoms in total.